The standard InChI is InChI=1S/C14H18O4/c1-14(2,3)12(16)10-4-6-11(7-5-10)13(17)18-9-8-15/h4-7,15H,8-9H2,1-3H3. The van der Waals surface area contributed by atoms with Crippen molar-refractivity contribution in [3.63, 3.8) is 0 Å². The zero-order valence-corrected chi connectivity index (χ0v) is 10.9. The van der Waals surface area contributed by atoms with Crippen molar-refractivity contribution < 1.29 is 19.4 Å². The van der Waals surface area contributed by atoms with Crippen LogP contribution in [0.25, 0.3) is 0 Å². The van der Waals surface area contributed by atoms with Crippen molar-refractivity contribution in [3.8, 4) is 0 Å². The lowest BCUT2D eigenvalue weighted by Crippen LogP contribution is -2.20. The molecule has 0 aliphatic rings. The second-order valence-corrected chi connectivity index (χ2v) is 5.02. The van der Waals surface area contributed by atoms with E-state index in [0.29, 0.717) is 11.1 Å². The van der Waals surface area contributed by atoms with E-state index in [1.54, 1.807) is 24.3 Å². The monoisotopic (exact) mass is 250 g/mol. The summed E-state index contributed by atoms with van der Waals surface area (Å²) < 4.78 is 4.77. The highest BCUT2D eigenvalue weighted by Gasteiger charge is 2.22. The summed E-state index contributed by atoms with van der Waals surface area (Å²) in [6, 6.07) is 6.34. The Morgan fingerprint density at radius 1 is 1.11 bits per heavy atom. The lowest BCUT2D eigenvalue weighted by Gasteiger charge is -2.16. The number of Topliss-reactive ketones (excluding diaryl/α,β-unsaturated/α-hetero) is 1. The normalized spacial score (nSPS) is 11.1. The van der Waals surface area contributed by atoms with E-state index in [4.69, 9.17) is 9.84 Å². The fourth-order valence-electron chi connectivity index (χ4n) is 1.41. The minimum atomic E-state index is -0.501. The summed E-state index contributed by atoms with van der Waals surface area (Å²) in [4.78, 5) is 23.4. The Labute approximate surface area is 107 Å². The van der Waals surface area contributed by atoms with Gasteiger partial charge in [-0.15, -0.1) is 0 Å². The molecule has 98 valence electrons. The van der Waals surface area contributed by atoms with E-state index in [1.807, 2.05) is 20.8 Å². The van der Waals surface area contributed by atoms with Gasteiger partial charge in [-0.1, -0.05) is 32.9 Å². The molecule has 0 fully saturated rings. The van der Waals surface area contributed by atoms with Gasteiger partial charge in [0.1, 0.15) is 6.61 Å². The number of carbonyl (C=O) groups is 2. The molecule has 0 aromatic heterocycles. The van der Waals surface area contributed by atoms with Crippen molar-refractivity contribution >= 4 is 11.8 Å². The van der Waals surface area contributed by atoms with Gasteiger partial charge in [0.2, 0.25) is 0 Å². The average molecular weight is 250 g/mol. The third kappa shape index (κ3) is 3.67. The van der Waals surface area contributed by atoms with Gasteiger partial charge in [0, 0.05) is 11.0 Å². The van der Waals surface area contributed by atoms with Crippen molar-refractivity contribution in [1.29, 1.82) is 0 Å². The molecule has 0 bridgehead atoms. The molecular weight excluding hydrogens is 232 g/mol. The van der Waals surface area contributed by atoms with Crippen molar-refractivity contribution in [3.05, 3.63) is 35.4 Å². The summed E-state index contributed by atoms with van der Waals surface area (Å²) >= 11 is 0. The molecule has 0 atom stereocenters. The molecule has 18 heavy (non-hydrogen) atoms. The summed E-state index contributed by atoms with van der Waals surface area (Å²) in [5.41, 5.74) is 0.494. The molecule has 4 heteroatoms. The predicted molar refractivity (Wildman–Crippen MR) is 67.6 cm³/mol. The van der Waals surface area contributed by atoms with Crippen molar-refractivity contribution in [1.82, 2.24) is 0 Å². The molecule has 1 rings (SSSR count). The highest BCUT2D eigenvalue weighted by atomic mass is 16.5. The van der Waals surface area contributed by atoms with E-state index in [1.165, 1.54) is 0 Å². The Kier molecular flexibility index (Phi) is 4.62. The third-order valence-corrected chi connectivity index (χ3v) is 2.39. The highest BCUT2D eigenvalue weighted by Crippen LogP contribution is 2.21. The van der Waals surface area contributed by atoms with Crippen LogP contribution < -0.4 is 0 Å². The van der Waals surface area contributed by atoms with Gasteiger partial charge < -0.3 is 9.84 Å². The molecule has 0 aliphatic carbocycles. The molecule has 1 aromatic carbocycles. The minimum absolute atomic E-state index is 0.0257. The van der Waals surface area contributed by atoms with Crippen molar-refractivity contribution in [2.45, 2.75) is 20.8 Å². The topological polar surface area (TPSA) is 63.6 Å². The molecule has 4 nitrogen and oxygen atoms in total. The number of esters is 1. The zero-order chi connectivity index (χ0) is 13.8. The van der Waals surface area contributed by atoms with Crippen molar-refractivity contribution in [2.75, 3.05) is 13.2 Å². The molecular formula is C14H18O4. The van der Waals surface area contributed by atoms with Crippen LogP contribution in [-0.2, 0) is 4.74 Å². The molecule has 1 aromatic rings. The second-order valence-electron chi connectivity index (χ2n) is 5.02. The van der Waals surface area contributed by atoms with Crippen LogP contribution in [0, 0.1) is 5.41 Å². The van der Waals surface area contributed by atoms with Gasteiger partial charge in [0.25, 0.3) is 0 Å². The van der Waals surface area contributed by atoms with Gasteiger partial charge in [-0.2, -0.15) is 0 Å². The number of ether oxygens (including phenoxy) is 1. The summed E-state index contributed by atoms with van der Waals surface area (Å²) in [6.45, 7) is 5.31. The predicted octanol–water partition coefficient (Wildman–Crippen LogP) is 2.06. The number of hydrogen-bond acceptors (Lipinski definition) is 4. The minimum Gasteiger partial charge on any atom is -0.460 e. The van der Waals surface area contributed by atoms with Gasteiger partial charge in [-0.25, -0.2) is 4.79 Å². The summed E-state index contributed by atoms with van der Waals surface area (Å²) in [5, 5.41) is 8.55. The fourth-order valence-corrected chi connectivity index (χ4v) is 1.41. The Hall–Kier alpha value is -1.68. The number of benzene rings is 1. The third-order valence-electron chi connectivity index (χ3n) is 2.39. The van der Waals surface area contributed by atoms with Crippen molar-refractivity contribution in [2.24, 2.45) is 5.41 Å². The summed E-state index contributed by atoms with van der Waals surface area (Å²) in [5.74, 6) is -0.475. The number of aliphatic hydroxyl groups excluding tert-OH is 1. The lowest BCUT2D eigenvalue weighted by atomic mass is 9.86. The first-order chi connectivity index (χ1) is 8.36. The van der Waals surface area contributed by atoms with Crippen LogP contribution in [0.15, 0.2) is 24.3 Å². The van der Waals surface area contributed by atoms with Crippen LogP contribution in [0.5, 0.6) is 0 Å². The lowest BCUT2D eigenvalue weighted by molar-refractivity contribution is 0.0433. The summed E-state index contributed by atoms with van der Waals surface area (Å²) in [7, 11) is 0. The average Bonchev–Trinajstić information content (AvgIpc) is 2.34. The maximum Gasteiger partial charge on any atom is 0.338 e. The van der Waals surface area contributed by atoms with E-state index < -0.39 is 11.4 Å². The van der Waals surface area contributed by atoms with Gasteiger partial charge in [0.15, 0.2) is 5.78 Å². The van der Waals surface area contributed by atoms with Crippen LogP contribution >= 0.6 is 0 Å². The molecule has 0 radical (unpaired) electrons. The van der Waals surface area contributed by atoms with Gasteiger partial charge in [0.05, 0.1) is 12.2 Å². The molecule has 0 heterocycles. The summed E-state index contributed by atoms with van der Waals surface area (Å²) in [6.07, 6.45) is 0. The second kappa shape index (κ2) is 5.78. The smallest absolute Gasteiger partial charge is 0.338 e. The zero-order valence-electron chi connectivity index (χ0n) is 10.9. The molecule has 0 aliphatic heterocycles. The molecule has 0 amide bonds. The van der Waals surface area contributed by atoms with Gasteiger partial charge in [-0.05, 0) is 12.1 Å². The number of carbonyl (C=O) groups excluding carboxylic acids is 2. The number of ketones is 1. The maximum absolute atomic E-state index is 12.0. The fraction of sp³-hybridized carbons (Fsp3) is 0.429. The number of hydrogen-bond donors (Lipinski definition) is 1. The van der Waals surface area contributed by atoms with Crippen LogP contribution in [0.4, 0.5) is 0 Å². The first kappa shape index (κ1) is 14.4. The van der Waals surface area contributed by atoms with E-state index in [2.05, 4.69) is 0 Å². The quantitative estimate of drug-likeness (QED) is 0.656. The van der Waals surface area contributed by atoms with E-state index >= 15 is 0 Å². The number of aliphatic hydroxyl groups is 1. The first-order valence-corrected chi connectivity index (χ1v) is 5.79. The van der Waals surface area contributed by atoms with Gasteiger partial charge >= 0.3 is 5.97 Å². The van der Waals surface area contributed by atoms with E-state index in [9.17, 15) is 9.59 Å². The molecule has 0 saturated heterocycles. The largest absolute Gasteiger partial charge is 0.460 e. The van der Waals surface area contributed by atoms with E-state index in [-0.39, 0.29) is 19.0 Å². The van der Waals surface area contributed by atoms with Crippen LogP contribution in [0.3, 0.4) is 0 Å². The van der Waals surface area contributed by atoms with Crippen LogP contribution in [0.1, 0.15) is 41.5 Å². The molecule has 0 saturated carbocycles. The first-order valence-electron chi connectivity index (χ1n) is 5.79. The number of rotatable bonds is 4. The Balaban J connectivity index is 2.80. The van der Waals surface area contributed by atoms with Crippen LogP contribution in [0.2, 0.25) is 0 Å². The van der Waals surface area contributed by atoms with E-state index in [0.717, 1.165) is 0 Å². The Morgan fingerprint density at radius 2 is 1.61 bits per heavy atom. The molecule has 1 N–H and O–H groups in total. The maximum atomic E-state index is 12.0. The Morgan fingerprint density at radius 3 is 2.06 bits per heavy atom. The Bertz CT molecular complexity index is 426. The van der Waals surface area contributed by atoms with Gasteiger partial charge in [-0.3, -0.25) is 4.79 Å². The van der Waals surface area contributed by atoms with Crippen LogP contribution in [-0.4, -0.2) is 30.1 Å². The molecule has 0 unspecified atom stereocenters. The molecule has 0 spiro atoms. The highest BCUT2D eigenvalue weighted by molar-refractivity contribution is 6.00. The SMILES string of the molecule is CC(C)(C)C(=O)c1ccc(C(=O)OCCO)cc1.